The van der Waals surface area contributed by atoms with E-state index in [0.29, 0.717) is 11.9 Å². The van der Waals surface area contributed by atoms with E-state index in [-0.39, 0.29) is 0 Å². The molecule has 1 aromatic carbocycles. The van der Waals surface area contributed by atoms with Gasteiger partial charge in [-0.3, -0.25) is 0 Å². The highest BCUT2D eigenvalue weighted by Gasteiger charge is 2.23. The van der Waals surface area contributed by atoms with E-state index in [1.165, 1.54) is 30.6 Å². The van der Waals surface area contributed by atoms with Gasteiger partial charge in [-0.25, -0.2) is 0 Å². The van der Waals surface area contributed by atoms with Gasteiger partial charge in [0.2, 0.25) is 0 Å². The molecule has 106 valence electrons. The molecule has 0 aromatic heterocycles. The van der Waals surface area contributed by atoms with E-state index in [1.807, 2.05) is 0 Å². The van der Waals surface area contributed by atoms with Crippen molar-refractivity contribution in [3.63, 3.8) is 0 Å². The van der Waals surface area contributed by atoms with E-state index in [0.717, 1.165) is 17.6 Å². The first-order valence-corrected chi connectivity index (χ1v) is 8.28. The standard InChI is InChI=1S/C15H22BrClN2/c1-3-14-11-18(2)7-4-8-19(14)15-6-5-13(16)9-12(15)10-17/h5-6,9,14H,3-4,7-8,10-11H2,1-2H3. The monoisotopic (exact) mass is 344 g/mol. The Labute approximate surface area is 129 Å². The van der Waals surface area contributed by atoms with Crippen molar-refractivity contribution in [2.24, 2.45) is 0 Å². The molecule has 0 N–H and O–H groups in total. The molecule has 1 aliphatic rings. The van der Waals surface area contributed by atoms with Gasteiger partial charge in [0, 0.05) is 35.2 Å². The van der Waals surface area contributed by atoms with Crippen LogP contribution in [0, 0.1) is 0 Å². The molecular weight excluding hydrogens is 324 g/mol. The molecule has 1 saturated heterocycles. The number of hydrogen-bond acceptors (Lipinski definition) is 2. The smallest absolute Gasteiger partial charge is 0.0494 e. The maximum atomic E-state index is 6.13. The van der Waals surface area contributed by atoms with E-state index in [4.69, 9.17) is 11.6 Å². The molecule has 1 unspecified atom stereocenters. The Bertz CT molecular complexity index is 425. The van der Waals surface area contributed by atoms with Crippen molar-refractivity contribution in [2.75, 3.05) is 31.6 Å². The normalized spacial score (nSPS) is 21.5. The molecule has 19 heavy (non-hydrogen) atoms. The SMILES string of the molecule is CCC1CN(C)CCCN1c1ccc(Br)cc1CCl. The quantitative estimate of drug-likeness (QED) is 0.761. The molecule has 1 aromatic rings. The first kappa shape index (κ1) is 15.1. The van der Waals surface area contributed by atoms with Gasteiger partial charge in [-0.05, 0) is 50.2 Å². The summed E-state index contributed by atoms with van der Waals surface area (Å²) in [6.07, 6.45) is 2.38. The highest BCUT2D eigenvalue weighted by Crippen LogP contribution is 2.29. The molecule has 0 aliphatic carbocycles. The summed E-state index contributed by atoms with van der Waals surface area (Å²) >= 11 is 9.66. The molecule has 2 rings (SSSR count). The minimum atomic E-state index is 0.567. The number of anilines is 1. The summed E-state index contributed by atoms with van der Waals surface area (Å²) in [6.45, 7) is 5.71. The van der Waals surface area contributed by atoms with Gasteiger partial charge < -0.3 is 9.80 Å². The van der Waals surface area contributed by atoms with Gasteiger partial charge >= 0.3 is 0 Å². The van der Waals surface area contributed by atoms with Crippen molar-refractivity contribution in [3.05, 3.63) is 28.2 Å². The van der Waals surface area contributed by atoms with Gasteiger partial charge in [0.05, 0.1) is 0 Å². The highest BCUT2D eigenvalue weighted by atomic mass is 79.9. The fraction of sp³-hybridized carbons (Fsp3) is 0.600. The fourth-order valence-corrected chi connectivity index (χ4v) is 3.47. The second-order valence-electron chi connectivity index (χ2n) is 5.28. The Morgan fingerprint density at radius 1 is 1.37 bits per heavy atom. The summed E-state index contributed by atoms with van der Waals surface area (Å²) in [6, 6.07) is 7.04. The summed E-state index contributed by atoms with van der Waals surface area (Å²) in [4.78, 5) is 4.99. The van der Waals surface area contributed by atoms with Crippen LogP contribution in [0.3, 0.4) is 0 Å². The maximum Gasteiger partial charge on any atom is 0.0494 e. The van der Waals surface area contributed by atoms with Crippen LogP contribution in [0.25, 0.3) is 0 Å². The van der Waals surface area contributed by atoms with Crippen LogP contribution in [0.15, 0.2) is 22.7 Å². The van der Waals surface area contributed by atoms with Crippen molar-refractivity contribution >= 4 is 33.2 Å². The largest absolute Gasteiger partial charge is 0.367 e. The molecule has 0 bridgehead atoms. The predicted octanol–water partition coefficient (Wildman–Crippen LogP) is 4.11. The van der Waals surface area contributed by atoms with Gasteiger partial charge in [-0.15, -0.1) is 11.6 Å². The lowest BCUT2D eigenvalue weighted by atomic mass is 10.1. The zero-order valence-electron chi connectivity index (χ0n) is 11.7. The third-order valence-electron chi connectivity index (χ3n) is 3.87. The van der Waals surface area contributed by atoms with E-state index in [9.17, 15) is 0 Å². The maximum absolute atomic E-state index is 6.13. The molecule has 0 amide bonds. The number of alkyl halides is 1. The summed E-state index contributed by atoms with van der Waals surface area (Å²) in [5.74, 6) is 0.567. The van der Waals surface area contributed by atoms with Gasteiger partial charge in [-0.1, -0.05) is 22.9 Å². The highest BCUT2D eigenvalue weighted by molar-refractivity contribution is 9.10. The van der Waals surface area contributed by atoms with Crippen LogP contribution in [0.4, 0.5) is 5.69 Å². The molecule has 2 nitrogen and oxygen atoms in total. The number of halogens is 2. The summed E-state index contributed by atoms with van der Waals surface area (Å²) in [5.41, 5.74) is 2.53. The lowest BCUT2D eigenvalue weighted by Gasteiger charge is -2.33. The predicted molar refractivity (Wildman–Crippen MR) is 87.2 cm³/mol. The number of hydrogen-bond donors (Lipinski definition) is 0. The fourth-order valence-electron chi connectivity index (χ4n) is 2.85. The van der Waals surface area contributed by atoms with E-state index in [1.54, 1.807) is 0 Å². The molecule has 0 radical (unpaired) electrons. The number of benzene rings is 1. The van der Waals surface area contributed by atoms with Crippen LogP contribution >= 0.6 is 27.5 Å². The van der Waals surface area contributed by atoms with E-state index < -0.39 is 0 Å². The van der Waals surface area contributed by atoms with Crippen molar-refractivity contribution in [2.45, 2.75) is 31.7 Å². The molecule has 1 aliphatic heterocycles. The first-order valence-electron chi connectivity index (χ1n) is 6.95. The zero-order valence-corrected chi connectivity index (χ0v) is 14.0. The van der Waals surface area contributed by atoms with Crippen molar-refractivity contribution in [1.29, 1.82) is 0 Å². The lowest BCUT2D eigenvalue weighted by molar-refractivity contribution is 0.328. The molecule has 4 heteroatoms. The van der Waals surface area contributed by atoms with Crippen molar-refractivity contribution in [1.82, 2.24) is 4.90 Å². The number of likely N-dealkylation sites (N-methyl/N-ethyl adjacent to an activating group) is 1. The molecule has 1 atom stereocenters. The van der Waals surface area contributed by atoms with E-state index in [2.05, 4.69) is 57.9 Å². The van der Waals surface area contributed by atoms with Crippen LogP contribution in [-0.2, 0) is 5.88 Å². The summed E-state index contributed by atoms with van der Waals surface area (Å²) in [5, 5.41) is 0. The Hall–Kier alpha value is -0.250. The van der Waals surface area contributed by atoms with Gasteiger partial charge in [0.1, 0.15) is 0 Å². The molecule has 1 fully saturated rings. The minimum absolute atomic E-state index is 0.567. The van der Waals surface area contributed by atoms with Crippen LogP contribution in [0.1, 0.15) is 25.3 Å². The van der Waals surface area contributed by atoms with Gasteiger partial charge in [0.15, 0.2) is 0 Å². The third-order valence-corrected chi connectivity index (χ3v) is 4.65. The van der Waals surface area contributed by atoms with Crippen LogP contribution in [0.2, 0.25) is 0 Å². The zero-order chi connectivity index (χ0) is 13.8. The Kier molecular flexibility index (Phi) is 5.55. The summed E-state index contributed by atoms with van der Waals surface area (Å²) < 4.78 is 1.10. The second-order valence-corrected chi connectivity index (χ2v) is 6.46. The Morgan fingerprint density at radius 3 is 2.84 bits per heavy atom. The van der Waals surface area contributed by atoms with Gasteiger partial charge in [0.25, 0.3) is 0 Å². The third kappa shape index (κ3) is 3.65. The summed E-state index contributed by atoms with van der Waals surface area (Å²) in [7, 11) is 2.22. The topological polar surface area (TPSA) is 6.48 Å². The van der Waals surface area contributed by atoms with Crippen molar-refractivity contribution < 1.29 is 0 Å². The number of nitrogens with zero attached hydrogens (tertiary/aromatic N) is 2. The average molecular weight is 346 g/mol. The van der Waals surface area contributed by atoms with Gasteiger partial charge in [-0.2, -0.15) is 0 Å². The molecular formula is C15H22BrClN2. The number of rotatable bonds is 3. The molecule has 1 heterocycles. The van der Waals surface area contributed by atoms with Crippen LogP contribution < -0.4 is 4.90 Å². The van der Waals surface area contributed by atoms with Crippen LogP contribution in [0.5, 0.6) is 0 Å². The molecule has 0 spiro atoms. The van der Waals surface area contributed by atoms with Crippen LogP contribution in [-0.4, -0.2) is 37.6 Å². The lowest BCUT2D eigenvalue weighted by Crippen LogP contribution is -2.40. The minimum Gasteiger partial charge on any atom is -0.367 e. The average Bonchev–Trinajstić information content (AvgIpc) is 2.60. The second kappa shape index (κ2) is 6.96. The Balaban J connectivity index is 2.32. The Morgan fingerprint density at radius 2 is 2.16 bits per heavy atom. The first-order chi connectivity index (χ1) is 9.15. The van der Waals surface area contributed by atoms with E-state index >= 15 is 0 Å². The van der Waals surface area contributed by atoms with Crippen molar-refractivity contribution in [3.8, 4) is 0 Å². The molecule has 0 saturated carbocycles.